The Bertz CT molecular complexity index is 405. The first-order chi connectivity index (χ1) is 6.54. The first-order valence-corrected chi connectivity index (χ1v) is 4.20. The highest BCUT2D eigenvalue weighted by atomic mass is 16.4. The molecule has 0 spiro atoms. The SMILES string of the molecule is CC(C)c1cc(C#N)cc(C(=O)O)n1. The molecule has 0 saturated carbocycles. The van der Waals surface area contributed by atoms with Crippen molar-refractivity contribution >= 4 is 5.97 Å². The van der Waals surface area contributed by atoms with Crippen molar-refractivity contribution in [2.24, 2.45) is 0 Å². The summed E-state index contributed by atoms with van der Waals surface area (Å²) in [6.45, 7) is 3.80. The summed E-state index contributed by atoms with van der Waals surface area (Å²) in [6, 6.07) is 4.79. The van der Waals surface area contributed by atoms with Crippen molar-refractivity contribution in [3.63, 3.8) is 0 Å². The van der Waals surface area contributed by atoms with E-state index in [0.717, 1.165) is 0 Å². The maximum absolute atomic E-state index is 10.7. The summed E-state index contributed by atoms with van der Waals surface area (Å²) in [5, 5.41) is 17.4. The molecule has 4 heteroatoms. The van der Waals surface area contributed by atoms with E-state index < -0.39 is 5.97 Å². The van der Waals surface area contributed by atoms with Gasteiger partial charge in [0.1, 0.15) is 5.69 Å². The number of carboxylic acid groups (broad SMARTS) is 1. The number of aromatic nitrogens is 1. The minimum atomic E-state index is -1.11. The maximum Gasteiger partial charge on any atom is 0.354 e. The zero-order chi connectivity index (χ0) is 10.7. The lowest BCUT2D eigenvalue weighted by molar-refractivity contribution is 0.0690. The van der Waals surface area contributed by atoms with Gasteiger partial charge >= 0.3 is 5.97 Å². The molecule has 1 heterocycles. The summed E-state index contributed by atoms with van der Waals surface area (Å²) in [7, 11) is 0. The average Bonchev–Trinajstić information content (AvgIpc) is 2.16. The van der Waals surface area contributed by atoms with Gasteiger partial charge in [0.15, 0.2) is 0 Å². The molecule has 0 unspecified atom stereocenters. The van der Waals surface area contributed by atoms with Crippen LogP contribution in [0.3, 0.4) is 0 Å². The van der Waals surface area contributed by atoms with Gasteiger partial charge in [-0.1, -0.05) is 13.8 Å². The minimum Gasteiger partial charge on any atom is -0.477 e. The van der Waals surface area contributed by atoms with Crippen molar-refractivity contribution in [1.82, 2.24) is 4.98 Å². The smallest absolute Gasteiger partial charge is 0.354 e. The summed E-state index contributed by atoms with van der Waals surface area (Å²) in [6.07, 6.45) is 0. The van der Waals surface area contributed by atoms with Gasteiger partial charge in [0.05, 0.1) is 11.6 Å². The van der Waals surface area contributed by atoms with Crippen LogP contribution in [0.15, 0.2) is 12.1 Å². The minimum absolute atomic E-state index is 0.0762. The van der Waals surface area contributed by atoms with Crippen LogP contribution < -0.4 is 0 Å². The van der Waals surface area contributed by atoms with Crippen LogP contribution in [0.25, 0.3) is 0 Å². The molecule has 4 nitrogen and oxygen atoms in total. The number of hydrogen-bond acceptors (Lipinski definition) is 3. The van der Waals surface area contributed by atoms with E-state index >= 15 is 0 Å². The van der Waals surface area contributed by atoms with E-state index in [1.165, 1.54) is 6.07 Å². The van der Waals surface area contributed by atoms with E-state index in [0.29, 0.717) is 11.3 Å². The van der Waals surface area contributed by atoms with Gasteiger partial charge in [-0.2, -0.15) is 5.26 Å². The first kappa shape index (κ1) is 10.2. The number of pyridine rings is 1. The fourth-order valence-corrected chi connectivity index (χ4v) is 1.02. The van der Waals surface area contributed by atoms with Crippen molar-refractivity contribution in [3.8, 4) is 6.07 Å². The van der Waals surface area contributed by atoms with E-state index in [1.54, 1.807) is 6.07 Å². The van der Waals surface area contributed by atoms with E-state index in [2.05, 4.69) is 4.98 Å². The molecule has 1 aromatic rings. The highest BCUT2D eigenvalue weighted by Gasteiger charge is 2.10. The Hall–Kier alpha value is -1.89. The molecule has 0 bridgehead atoms. The van der Waals surface area contributed by atoms with E-state index in [1.807, 2.05) is 19.9 Å². The first-order valence-electron chi connectivity index (χ1n) is 4.20. The Morgan fingerprint density at radius 2 is 2.21 bits per heavy atom. The van der Waals surface area contributed by atoms with Gasteiger partial charge in [-0.05, 0) is 18.1 Å². The van der Waals surface area contributed by atoms with Gasteiger partial charge in [0.25, 0.3) is 0 Å². The summed E-state index contributed by atoms with van der Waals surface area (Å²) in [5.74, 6) is -0.995. The third-order valence-electron chi connectivity index (χ3n) is 1.78. The topological polar surface area (TPSA) is 74.0 Å². The van der Waals surface area contributed by atoms with Crippen LogP contribution in [0.1, 0.15) is 41.5 Å². The van der Waals surface area contributed by atoms with Gasteiger partial charge < -0.3 is 5.11 Å². The van der Waals surface area contributed by atoms with Crippen LogP contribution in [0, 0.1) is 11.3 Å². The molecule has 14 heavy (non-hydrogen) atoms. The Labute approximate surface area is 81.8 Å². The molecule has 0 aliphatic rings. The summed E-state index contributed by atoms with van der Waals surface area (Å²) < 4.78 is 0. The standard InChI is InChI=1S/C10H10N2O2/c1-6(2)8-3-7(5-11)4-9(12-8)10(13)14/h3-4,6H,1-2H3,(H,13,14). The Morgan fingerprint density at radius 1 is 1.57 bits per heavy atom. The monoisotopic (exact) mass is 190 g/mol. The molecule has 1 aromatic heterocycles. The number of hydrogen-bond donors (Lipinski definition) is 1. The predicted molar refractivity (Wildman–Crippen MR) is 50.0 cm³/mol. The molecule has 0 amide bonds. The Kier molecular flexibility index (Phi) is 2.82. The van der Waals surface area contributed by atoms with Gasteiger partial charge in [-0.15, -0.1) is 0 Å². The van der Waals surface area contributed by atoms with Crippen LogP contribution in [0.5, 0.6) is 0 Å². The third-order valence-corrected chi connectivity index (χ3v) is 1.78. The third kappa shape index (κ3) is 2.07. The molecule has 1 rings (SSSR count). The lowest BCUT2D eigenvalue weighted by Crippen LogP contribution is -2.04. The van der Waals surface area contributed by atoms with Crippen molar-refractivity contribution in [2.75, 3.05) is 0 Å². The van der Waals surface area contributed by atoms with E-state index in [-0.39, 0.29) is 11.6 Å². The molecule has 0 fully saturated rings. The zero-order valence-electron chi connectivity index (χ0n) is 7.98. The molecule has 0 radical (unpaired) electrons. The molecule has 0 saturated heterocycles. The number of rotatable bonds is 2. The van der Waals surface area contributed by atoms with Crippen LogP contribution in [-0.2, 0) is 0 Å². The Morgan fingerprint density at radius 3 is 2.64 bits per heavy atom. The summed E-state index contributed by atoms with van der Waals surface area (Å²) in [4.78, 5) is 14.6. The van der Waals surface area contributed by atoms with Gasteiger partial charge in [0, 0.05) is 5.69 Å². The summed E-state index contributed by atoms with van der Waals surface area (Å²) in [5.41, 5.74) is 0.885. The number of nitrogens with zero attached hydrogens (tertiary/aromatic N) is 2. The second kappa shape index (κ2) is 3.88. The van der Waals surface area contributed by atoms with Gasteiger partial charge in [-0.3, -0.25) is 0 Å². The lowest BCUT2D eigenvalue weighted by Gasteiger charge is -2.05. The molecule has 72 valence electrons. The average molecular weight is 190 g/mol. The highest BCUT2D eigenvalue weighted by Crippen LogP contribution is 2.14. The molecule has 1 N–H and O–H groups in total. The second-order valence-electron chi connectivity index (χ2n) is 3.24. The van der Waals surface area contributed by atoms with Crippen LogP contribution in [0.4, 0.5) is 0 Å². The molecular weight excluding hydrogens is 180 g/mol. The highest BCUT2D eigenvalue weighted by molar-refractivity contribution is 5.85. The predicted octanol–water partition coefficient (Wildman–Crippen LogP) is 1.77. The molecule has 0 aliphatic heterocycles. The fraction of sp³-hybridized carbons (Fsp3) is 0.300. The fourth-order valence-electron chi connectivity index (χ4n) is 1.02. The molecule has 0 aliphatic carbocycles. The number of carboxylic acids is 1. The maximum atomic E-state index is 10.7. The Balaban J connectivity index is 3.29. The van der Waals surface area contributed by atoms with Gasteiger partial charge in [0.2, 0.25) is 0 Å². The number of aromatic carboxylic acids is 1. The normalized spacial score (nSPS) is 9.86. The van der Waals surface area contributed by atoms with Crippen molar-refractivity contribution in [1.29, 1.82) is 5.26 Å². The molecule has 0 aromatic carbocycles. The number of nitriles is 1. The van der Waals surface area contributed by atoms with E-state index in [4.69, 9.17) is 10.4 Å². The van der Waals surface area contributed by atoms with Crippen LogP contribution in [-0.4, -0.2) is 16.1 Å². The van der Waals surface area contributed by atoms with Crippen molar-refractivity contribution in [3.05, 3.63) is 29.1 Å². The second-order valence-corrected chi connectivity index (χ2v) is 3.24. The van der Waals surface area contributed by atoms with Crippen LogP contribution in [0.2, 0.25) is 0 Å². The largest absolute Gasteiger partial charge is 0.477 e. The van der Waals surface area contributed by atoms with Crippen LogP contribution >= 0.6 is 0 Å². The van der Waals surface area contributed by atoms with E-state index in [9.17, 15) is 4.79 Å². The van der Waals surface area contributed by atoms with Crippen molar-refractivity contribution < 1.29 is 9.90 Å². The lowest BCUT2D eigenvalue weighted by atomic mass is 10.1. The quantitative estimate of drug-likeness (QED) is 0.771. The zero-order valence-corrected chi connectivity index (χ0v) is 7.98. The van der Waals surface area contributed by atoms with Crippen molar-refractivity contribution in [2.45, 2.75) is 19.8 Å². The molecular formula is C10H10N2O2. The summed E-state index contributed by atoms with van der Waals surface area (Å²) >= 11 is 0. The number of carbonyl (C=O) groups is 1. The van der Waals surface area contributed by atoms with Gasteiger partial charge in [-0.25, -0.2) is 9.78 Å². The molecule has 0 atom stereocenters.